The van der Waals surface area contributed by atoms with E-state index in [-0.39, 0.29) is 5.92 Å². The lowest BCUT2D eigenvalue weighted by Crippen LogP contribution is -2.40. The summed E-state index contributed by atoms with van der Waals surface area (Å²) in [5.74, 6) is -1.09. The van der Waals surface area contributed by atoms with Crippen molar-refractivity contribution in [2.24, 2.45) is 5.92 Å². The first-order valence-electron chi connectivity index (χ1n) is 8.33. The van der Waals surface area contributed by atoms with E-state index in [1.807, 2.05) is 12.1 Å². The van der Waals surface area contributed by atoms with Crippen molar-refractivity contribution in [1.82, 2.24) is 4.90 Å². The van der Waals surface area contributed by atoms with Crippen molar-refractivity contribution in [3.8, 4) is 0 Å². The van der Waals surface area contributed by atoms with Gasteiger partial charge in [0.05, 0.1) is 5.92 Å². The Morgan fingerprint density at radius 1 is 1.27 bits per heavy atom. The van der Waals surface area contributed by atoms with Crippen LogP contribution in [0, 0.1) is 12.8 Å². The van der Waals surface area contributed by atoms with Crippen molar-refractivity contribution in [3.05, 3.63) is 29.8 Å². The molecule has 4 heteroatoms. The van der Waals surface area contributed by atoms with E-state index < -0.39 is 5.97 Å². The fraction of sp³-hybridized carbons (Fsp3) is 0.611. The standard InChI is InChI=1S/C18H28N2O2/c1-15-8-4-5-9-17(15)20(14-16(2)18(21)22)13-12-19-10-6-3-7-11-19/h4-5,8-9,16H,3,6-7,10-14H2,1-2H3,(H,21,22). The minimum atomic E-state index is -0.725. The van der Waals surface area contributed by atoms with Crippen LogP contribution < -0.4 is 4.90 Å². The molecule has 4 nitrogen and oxygen atoms in total. The van der Waals surface area contributed by atoms with Gasteiger partial charge in [0.25, 0.3) is 0 Å². The predicted molar refractivity (Wildman–Crippen MR) is 90.5 cm³/mol. The van der Waals surface area contributed by atoms with E-state index in [2.05, 4.69) is 28.9 Å². The zero-order valence-corrected chi connectivity index (χ0v) is 13.8. The molecule has 1 fully saturated rings. The fourth-order valence-electron chi connectivity index (χ4n) is 3.08. The Morgan fingerprint density at radius 3 is 2.59 bits per heavy atom. The number of rotatable bonds is 7. The van der Waals surface area contributed by atoms with Gasteiger partial charge in [-0.05, 0) is 44.5 Å². The zero-order chi connectivity index (χ0) is 15.9. The average molecular weight is 304 g/mol. The van der Waals surface area contributed by atoms with Crippen molar-refractivity contribution in [1.29, 1.82) is 0 Å². The third kappa shape index (κ3) is 4.73. The maximum absolute atomic E-state index is 11.2. The molecule has 1 aliphatic heterocycles. The highest BCUT2D eigenvalue weighted by molar-refractivity contribution is 5.70. The van der Waals surface area contributed by atoms with Crippen LogP contribution in [0.2, 0.25) is 0 Å². The van der Waals surface area contributed by atoms with Crippen molar-refractivity contribution >= 4 is 11.7 Å². The van der Waals surface area contributed by atoms with E-state index in [0.29, 0.717) is 6.54 Å². The van der Waals surface area contributed by atoms with Gasteiger partial charge in [-0.3, -0.25) is 4.79 Å². The summed E-state index contributed by atoms with van der Waals surface area (Å²) in [6, 6.07) is 8.25. The van der Waals surface area contributed by atoms with Crippen LogP contribution in [0.15, 0.2) is 24.3 Å². The van der Waals surface area contributed by atoms with E-state index in [1.165, 1.54) is 37.9 Å². The molecule has 1 N–H and O–H groups in total. The Labute approximate surface area is 133 Å². The second-order valence-corrected chi connectivity index (χ2v) is 6.37. The largest absolute Gasteiger partial charge is 0.481 e. The Kier molecular flexibility index (Phi) is 6.25. The van der Waals surface area contributed by atoms with Gasteiger partial charge >= 0.3 is 5.97 Å². The highest BCUT2D eigenvalue weighted by atomic mass is 16.4. The molecule has 1 atom stereocenters. The molecule has 22 heavy (non-hydrogen) atoms. The summed E-state index contributed by atoms with van der Waals surface area (Å²) in [6.07, 6.45) is 3.92. The van der Waals surface area contributed by atoms with Gasteiger partial charge in [0.15, 0.2) is 0 Å². The van der Waals surface area contributed by atoms with Gasteiger partial charge in [0.2, 0.25) is 0 Å². The molecule has 1 unspecified atom stereocenters. The molecule has 0 radical (unpaired) electrons. The van der Waals surface area contributed by atoms with Gasteiger partial charge in [0.1, 0.15) is 0 Å². The number of hydrogen-bond acceptors (Lipinski definition) is 3. The molecule has 0 spiro atoms. The molecule has 1 saturated heterocycles. The van der Waals surface area contributed by atoms with Crippen LogP contribution in [0.4, 0.5) is 5.69 Å². The third-order valence-electron chi connectivity index (χ3n) is 4.51. The minimum absolute atomic E-state index is 0.360. The van der Waals surface area contributed by atoms with E-state index in [0.717, 1.165) is 18.8 Å². The first-order chi connectivity index (χ1) is 10.6. The second-order valence-electron chi connectivity index (χ2n) is 6.37. The van der Waals surface area contributed by atoms with E-state index in [9.17, 15) is 9.90 Å². The number of aryl methyl sites for hydroxylation is 1. The van der Waals surface area contributed by atoms with Crippen LogP contribution in [-0.2, 0) is 4.79 Å². The number of anilines is 1. The molecule has 0 saturated carbocycles. The van der Waals surface area contributed by atoms with Crippen molar-refractivity contribution in [2.45, 2.75) is 33.1 Å². The molecular formula is C18H28N2O2. The number of benzene rings is 1. The summed E-state index contributed by atoms with van der Waals surface area (Å²) in [5, 5.41) is 9.23. The number of carboxylic acid groups (broad SMARTS) is 1. The van der Waals surface area contributed by atoms with Gasteiger partial charge in [-0.1, -0.05) is 31.5 Å². The molecule has 0 aliphatic carbocycles. The number of nitrogens with zero attached hydrogens (tertiary/aromatic N) is 2. The number of hydrogen-bond donors (Lipinski definition) is 1. The summed E-state index contributed by atoms with van der Waals surface area (Å²) in [6.45, 7) is 8.70. The highest BCUT2D eigenvalue weighted by Crippen LogP contribution is 2.21. The highest BCUT2D eigenvalue weighted by Gasteiger charge is 2.19. The van der Waals surface area contributed by atoms with Crippen LogP contribution in [-0.4, -0.2) is 48.7 Å². The molecule has 0 aromatic heterocycles. The zero-order valence-electron chi connectivity index (χ0n) is 13.8. The predicted octanol–water partition coefficient (Wildman–Crippen LogP) is 3.01. The quantitative estimate of drug-likeness (QED) is 0.841. The molecule has 1 aliphatic rings. The van der Waals surface area contributed by atoms with Crippen molar-refractivity contribution in [2.75, 3.05) is 37.6 Å². The summed E-state index contributed by atoms with van der Waals surface area (Å²) in [7, 11) is 0. The van der Waals surface area contributed by atoms with Gasteiger partial charge < -0.3 is 14.9 Å². The fourth-order valence-corrected chi connectivity index (χ4v) is 3.08. The number of aliphatic carboxylic acids is 1. The SMILES string of the molecule is Cc1ccccc1N(CCN1CCCCC1)CC(C)C(=O)O. The summed E-state index contributed by atoms with van der Waals surface area (Å²) in [5.41, 5.74) is 2.37. The minimum Gasteiger partial charge on any atom is -0.481 e. The number of carbonyl (C=O) groups is 1. The molecule has 122 valence electrons. The first-order valence-corrected chi connectivity index (χ1v) is 8.33. The van der Waals surface area contributed by atoms with Crippen LogP contribution in [0.5, 0.6) is 0 Å². The molecule has 0 amide bonds. The van der Waals surface area contributed by atoms with E-state index in [1.54, 1.807) is 6.92 Å². The van der Waals surface area contributed by atoms with Gasteiger partial charge in [-0.25, -0.2) is 0 Å². The number of carboxylic acids is 1. The normalized spacial score (nSPS) is 17.2. The van der Waals surface area contributed by atoms with Crippen LogP contribution in [0.25, 0.3) is 0 Å². The molecule has 2 rings (SSSR count). The summed E-state index contributed by atoms with van der Waals surface area (Å²) in [4.78, 5) is 16.0. The van der Waals surface area contributed by atoms with Gasteiger partial charge in [-0.2, -0.15) is 0 Å². The first kappa shape index (κ1) is 16.8. The topological polar surface area (TPSA) is 43.8 Å². The maximum Gasteiger partial charge on any atom is 0.308 e. The monoisotopic (exact) mass is 304 g/mol. The summed E-state index contributed by atoms with van der Waals surface area (Å²) >= 11 is 0. The molecule has 1 heterocycles. The molecule has 1 aromatic rings. The van der Waals surface area contributed by atoms with E-state index >= 15 is 0 Å². The lowest BCUT2D eigenvalue weighted by Gasteiger charge is -2.32. The van der Waals surface area contributed by atoms with Crippen LogP contribution >= 0.6 is 0 Å². The van der Waals surface area contributed by atoms with Crippen LogP contribution in [0.3, 0.4) is 0 Å². The Morgan fingerprint density at radius 2 is 1.95 bits per heavy atom. The summed E-state index contributed by atoms with van der Waals surface area (Å²) < 4.78 is 0. The van der Waals surface area contributed by atoms with Crippen molar-refractivity contribution in [3.63, 3.8) is 0 Å². The van der Waals surface area contributed by atoms with E-state index in [4.69, 9.17) is 0 Å². The third-order valence-corrected chi connectivity index (χ3v) is 4.51. The Balaban J connectivity index is 2.04. The second kappa shape index (κ2) is 8.18. The number of piperidine rings is 1. The van der Waals surface area contributed by atoms with Crippen molar-refractivity contribution < 1.29 is 9.90 Å². The lowest BCUT2D eigenvalue weighted by atomic mass is 10.1. The maximum atomic E-state index is 11.2. The molecular weight excluding hydrogens is 276 g/mol. The Hall–Kier alpha value is -1.55. The van der Waals surface area contributed by atoms with Crippen LogP contribution in [0.1, 0.15) is 31.7 Å². The molecule has 1 aromatic carbocycles. The Bertz CT molecular complexity index is 484. The number of para-hydroxylation sites is 1. The lowest BCUT2D eigenvalue weighted by molar-refractivity contribution is -0.140. The number of likely N-dealkylation sites (tertiary alicyclic amines) is 1. The van der Waals surface area contributed by atoms with Gasteiger partial charge in [-0.15, -0.1) is 0 Å². The smallest absolute Gasteiger partial charge is 0.308 e. The average Bonchev–Trinajstić information content (AvgIpc) is 2.53. The van der Waals surface area contributed by atoms with Gasteiger partial charge in [0, 0.05) is 25.3 Å². The molecule has 0 bridgehead atoms.